The summed E-state index contributed by atoms with van der Waals surface area (Å²) in [4.78, 5) is 22.1. The quantitative estimate of drug-likeness (QED) is 0.609. The molecule has 0 fully saturated rings. The molecule has 1 aromatic rings. The summed E-state index contributed by atoms with van der Waals surface area (Å²) in [5.41, 5.74) is 0. The molecule has 0 saturated carbocycles. The molecule has 0 aliphatic carbocycles. The Hall–Kier alpha value is -1.63. The Labute approximate surface area is 122 Å². The van der Waals surface area contributed by atoms with Crippen molar-refractivity contribution in [3.05, 3.63) is 23.7 Å². The number of unbranched alkanes of at least 4 members (excludes halogenated alkanes) is 2. The van der Waals surface area contributed by atoms with E-state index < -0.39 is 5.97 Å². The predicted octanol–water partition coefficient (Wildman–Crippen LogP) is 2.31. The second kappa shape index (κ2) is 9.30. The van der Waals surface area contributed by atoms with Crippen molar-refractivity contribution < 1.29 is 19.1 Å². The maximum atomic E-state index is 11.5. The molecule has 0 bridgehead atoms. The lowest BCUT2D eigenvalue weighted by Gasteiger charge is -2.06. The number of carboxylic acid groups (broad SMARTS) is 1. The van der Waals surface area contributed by atoms with Crippen molar-refractivity contribution in [2.45, 2.75) is 25.8 Å². The highest BCUT2D eigenvalue weighted by Crippen LogP contribution is 2.07. The summed E-state index contributed by atoms with van der Waals surface area (Å²) in [6.45, 7) is 0.810. The molecule has 7 heteroatoms. The van der Waals surface area contributed by atoms with Crippen LogP contribution in [0, 0.1) is 0 Å². The number of urea groups is 1. The lowest BCUT2D eigenvalue weighted by atomic mass is 10.2. The van der Waals surface area contributed by atoms with Crippen LogP contribution >= 0.6 is 11.8 Å². The lowest BCUT2D eigenvalue weighted by molar-refractivity contribution is 0.0660. The average Bonchev–Trinajstić information content (AvgIpc) is 2.89. The summed E-state index contributed by atoms with van der Waals surface area (Å²) >= 11 is 1.82. The molecule has 0 unspecified atom stereocenters. The first-order valence-electron chi connectivity index (χ1n) is 6.46. The number of hydrogen-bond acceptors (Lipinski definition) is 4. The summed E-state index contributed by atoms with van der Waals surface area (Å²) in [6.07, 6.45) is 5.30. The fourth-order valence-corrected chi connectivity index (χ4v) is 2.06. The first-order valence-corrected chi connectivity index (χ1v) is 7.85. The number of hydrogen-bond donors (Lipinski definition) is 3. The number of thioether (sulfide) groups is 1. The molecule has 0 aliphatic heterocycles. The minimum absolute atomic E-state index is 0.129. The number of amides is 2. The fraction of sp³-hybridized carbons (Fsp3) is 0.538. The molecule has 112 valence electrons. The van der Waals surface area contributed by atoms with Gasteiger partial charge < -0.3 is 20.2 Å². The molecule has 0 aliphatic rings. The number of aromatic carboxylic acids is 1. The topological polar surface area (TPSA) is 91.6 Å². The first-order chi connectivity index (χ1) is 9.63. The zero-order chi connectivity index (χ0) is 14.8. The zero-order valence-corrected chi connectivity index (χ0v) is 12.3. The molecular formula is C13H20N2O4S. The predicted molar refractivity (Wildman–Crippen MR) is 78.1 cm³/mol. The summed E-state index contributed by atoms with van der Waals surface area (Å²) in [6, 6.07) is 2.62. The Morgan fingerprint density at radius 2 is 2.05 bits per heavy atom. The molecule has 0 atom stereocenters. The monoisotopic (exact) mass is 300 g/mol. The van der Waals surface area contributed by atoms with Gasteiger partial charge in [-0.2, -0.15) is 11.8 Å². The number of carbonyl (C=O) groups is 2. The van der Waals surface area contributed by atoms with E-state index in [1.807, 2.05) is 11.8 Å². The SMILES string of the molecule is CSCCCCCNC(=O)NCc1ccc(C(=O)O)o1. The van der Waals surface area contributed by atoms with Crippen LogP contribution in [0.25, 0.3) is 0 Å². The Morgan fingerprint density at radius 3 is 2.70 bits per heavy atom. The molecule has 20 heavy (non-hydrogen) atoms. The third-order valence-corrected chi connectivity index (χ3v) is 3.30. The Morgan fingerprint density at radius 1 is 1.25 bits per heavy atom. The maximum absolute atomic E-state index is 11.5. The Kier molecular flexibility index (Phi) is 7.64. The van der Waals surface area contributed by atoms with E-state index in [0.717, 1.165) is 25.0 Å². The number of nitrogens with one attached hydrogen (secondary N) is 2. The van der Waals surface area contributed by atoms with Gasteiger partial charge in [-0.05, 0) is 37.0 Å². The minimum atomic E-state index is -1.12. The standard InChI is InChI=1S/C13H20N2O4S/c1-20-8-4-2-3-7-14-13(18)15-9-10-5-6-11(19-10)12(16)17/h5-6H,2-4,7-9H2,1H3,(H,16,17)(H2,14,15,18). The van der Waals surface area contributed by atoms with Crippen LogP contribution in [0.2, 0.25) is 0 Å². The summed E-state index contributed by atoms with van der Waals surface area (Å²) in [5, 5.41) is 14.0. The second-order valence-corrected chi connectivity index (χ2v) is 5.22. The third kappa shape index (κ3) is 6.51. The van der Waals surface area contributed by atoms with Crippen LogP contribution in [0.15, 0.2) is 16.5 Å². The molecule has 1 heterocycles. The highest BCUT2D eigenvalue weighted by Gasteiger charge is 2.09. The van der Waals surface area contributed by atoms with Gasteiger partial charge in [-0.1, -0.05) is 6.42 Å². The second-order valence-electron chi connectivity index (χ2n) is 4.23. The van der Waals surface area contributed by atoms with Crippen molar-refractivity contribution in [3.8, 4) is 0 Å². The average molecular weight is 300 g/mol. The largest absolute Gasteiger partial charge is 0.475 e. The van der Waals surface area contributed by atoms with Gasteiger partial charge in [0.25, 0.3) is 0 Å². The van der Waals surface area contributed by atoms with E-state index in [2.05, 4.69) is 16.9 Å². The zero-order valence-electron chi connectivity index (χ0n) is 11.5. The van der Waals surface area contributed by atoms with Crippen LogP contribution in [0.5, 0.6) is 0 Å². The third-order valence-electron chi connectivity index (χ3n) is 2.61. The van der Waals surface area contributed by atoms with Gasteiger partial charge in [-0.15, -0.1) is 0 Å². The summed E-state index contributed by atoms with van der Waals surface area (Å²) < 4.78 is 5.02. The van der Waals surface area contributed by atoms with Crippen molar-refractivity contribution in [3.63, 3.8) is 0 Å². The van der Waals surface area contributed by atoms with E-state index >= 15 is 0 Å². The number of carboxylic acids is 1. The molecule has 0 radical (unpaired) electrons. The van der Waals surface area contributed by atoms with Crippen LogP contribution in [0.3, 0.4) is 0 Å². The molecule has 2 amide bonds. The Balaban J connectivity index is 2.11. The van der Waals surface area contributed by atoms with Gasteiger partial charge in [0.2, 0.25) is 5.76 Å². The van der Waals surface area contributed by atoms with E-state index in [1.54, 1.807) is 0 Å². The van der Waals surface area contributed by atoms with Gasteiger partial charge in [0.15, 0.2) is 0 Å². The van der Waals surface area contributed by atoms with Crippen LogP contribution in [0.1, 0.15) is 35.6 Å². The Bertz CT molecular complexity index is 434. The highest BCUT2D eigenvalue weighted by atomic mass is 32.2. The number of carbonyl (C=O) groups excluding carboxylic acids is 1. The molecule has 0 aromatic carbocycles. The van der Waals surface area contributed by atoms with Crippen LogP contribution in [-0.4, -0.2) is 35.7 Å². The highest BCUT2D eigenvalue weighted by molar-refractivity contribution is 7.98. The smallest absolute Gasteiger partial charge is 0.371 e. The van der Waals surface area contributed by atoms with Gasteiger partial charge in [-0.25, -0.2) is 9.59 Å². The summed E-state index contributed by atoms with van der Waals surface area (Å²) in [7, 11) is 0. The maximum Gasteiger partial charge on any atom is 0.371 e. The minimum Gasteiger partial charge on any atom is -0.475 e. The van der Waals surface area contributed by atoms with Crippen molar-refractivity contribution in [1.29, 1.82) is 0 Å². The summed E-state index contributed by atoms with van der Waals surface area (Å²) in [5.74, 6) is 0.316. The van der Waals surface area contributed by atoms with Crippen molar-refractivity contribution >= 4 is 23.8 Å². The van der Waals surface area contributed by atoms with E-state index in [1.165, 1.54) is 12.1 Å². The van der Waals surface area contributed by atoms with E-state index in [9.17, 15) is 9.59 Å². The van der Waals surface area contributed by atoms with Gasteiger partial charge >= 0.3 is 12.0 Å². The van der Waals surface area contributed by atoms with Gasteiger partial charge in [0.05, 0.1) is 6.54 Å². The van der Waals surface area contributed by atoms with Crippen molar-refractivity contribution in [1.82, 2.24) is 10.6 Å². The number of furan rings is 1. The van der Waals surface area contributed by atoms with Crippen molar-refractivity contribution in [2.24, 2.45) is 0 Å². The van der Waals surface area contributed by atoms with Gasteiger partial charge in [0, 0.05) is 6.54 Å². The molecule has 1 rings (SSSR count). The number of rotatable bonds is 9. The van der Waals surface area contributed by atoms with Crippen molar-refractivity contribution in [2.75, 3.05) is 18.6 Å². The van der Waals surface area contributed by atoms with E-state index in [4.69, 9.17) is 9.52 Å². The van der Waals surface area contributed by atoms with Crippen LogP contribution in [-0.2, 0) is 6.54 Å². The molecular weight excluding hydrogens is 280 g/mol. The molecule has 1 aromatic heterocycles. The van der Waals surface area contributed by atoms with E-state index in [-0.39, 0.29) is 18.3 Å². The lowest BCUT2D eigenvalue weighted by Crippen LogP contribution is -2.35. The van der Waals surface area contributed by atoms with E-state index in [0.29, 0.717) is 12.3 Å². The normalized spacial score (nSPS) is 10.2. The van der Waals surface area contributed by atoms with Crippen LogP contribution in [0.4, 0.5) is 4.79 Å². The molecule has 3 N–H and O–H groups in total. The van der Waals surface area contributed by atoms with Crippen LogP contribution < -0.4 is 10.6 Å². The molecule has 6 nitrogen and oxygen atoms in total. The first kappa shape index (κ1) is 16.4. The molecule has 0 saturated heterocycles. The fourth-order valence-electron chi connectivity index (χ4n) is 1.57. The van der Waals surface area contributed by atoms with Gasteiger partial charge in [-0.3, -0.25) is 0 Å². The van der Waals surface area contributed by atoms with Gasteiger partial charge in [0.1, 0.15) is 5.76 Å². The molecule has 0 spiro atoms.